The van der Waals surface area contributed by atoms with Crippen LogP contribution in [-0.4, -0.2) is 59.7 Å². The van der Waals surface area contributed by atoms with Crippen LogP contribution in [0.1, 0.15) is 5.69 Å². The Bertz CT molecular complexity index is 1010. The van der Waals surface area contributed by atoms with Crippen molar-refractivity contribution in [3.05, 3.63) is 35.1 Å². The summed E-state index contributed by atoms with van der Waals surface area (Å²) >= 11 is 6.59. The maximum Gasteiger partial charge on any atom is 0.197 e. The predicted octanol–water partition coefficient (Wildman–Crippen LogP) is 2.77. The van der Waals surface area contributed by atoms with Gasteiger partial charge in [0.05, 0.1) is 71.4 Å². The van der Waals surface area contributed by atoms with Gasteiger partial charge in [-0.2, -0.15) is 0 Å². The Labute approximate surface area is 175 Å². The van der Waals surface area contributed by atoms with E-state index >= 15 is 0 Å². The second-order valence-corrected chi connectivity index (χ2v) is 8.19. The molecule has 154 valence electrons. The Morgan fingerprint density at radius 2 is 1.97 bits per heavy atom. The largest absolute Gasteiger partial charge is 0.493 e. The molecule has 1 aromatic carbocycles. The summed E-state index contributed by atoms with van der Waals surface area (Å²) in [5.74, 6) is 1.29. The number of imidazole rings is 1. The van der Waals surface area contributed by atoms with Gasteiger partial charge in [0.15, 0.2) is 16.7 Å². The lowest BCUT2D eigenvalue weighted by atomic mass is 10.3. The molecule has 10 heteroatoms. The lowest BCUT2D eigenvalue weighted by Gasteiger charge is -2.29. The number of pyridine rings is 1. The van der Waals surface area contributed by atoms with Crippen molar-refractivity contribution in [2.75, 3.05) is 45.4 Å². The molecule has 2 aromatic heterocycles. The van der Waals surface area contributed by atoms with Crippen LogP contribution in [-0.2, 0) is 21.3 Å². The minimum Gasteiger partial charge on any atom is -0.493 e. The van der Waals surface area contributed by atoms with Crippen molar-refractivity contribution in [3.63, 3.8) is 0 Å². The van der Waals surface area contributed by atoms with E-state index in [-0.39, 0.29) is 5.75 Å². The first-order valence-electron chi connectivity index (χ1n) is 9.07. The number of nitrogens with zero attached hydrogens (tertiary/aromatic N) is 3. The molecule has 0 radical (unpaired) electrons. The van der Waals surface area contributed by atoms with Crippen molar-refractivity contribution in [1.82, 2.24) is 15.0 Å². The van der Waals surface area contributed by atoms with Crippen LogP contribution in [0.15, 0.2) is 29.6 Å². The third-order valence-electron chi connectivity index (χ3n) is 4.74. The second-order valence-electron chi connectivity index (χ2n) is 6.45. The monoisotopic (exact) mass is 436 g/mol. The fourth-order valence-electron chi connectivity index (χ4n) is 3.24. The van der Waals surface area contributed by atoms with Gasteiger partial charge in [0.1, 0.15) is 0 Å². The van der Waals surface area contributed by atoms with Crippen molar-refractivity contribution in [1.29, 1.82) is 0 Å². The number of aromatic amines is 1. The number of hydrogen-bond acceptors (Lipinski definition) is 7. The number of morpholine rings is 1. The third kappa shape index (κ3) is 4.03. The summed E-state index contributed by atoms with van der Waals surface area (Å²) in [5, 5.41) is 0.868. The van der Waals surface area contributed by atoms with Crippen LogP contribution in [0.5, 0.6) is 11.5 Å². The molecule has 29 heavy (non-hydrogen) atoms. The van der Waals surface area contributed by atoms with E-state index in [1.165, 1.54) is 0 Å². The minimum absolute atomic E-state index is 0.158. The summed E-state index contributed by atoms with van der Waals surface area (Å²) in [6.07, 6.45) is 1.69. The molecule has 1 aliphatic heterocycles. The molecule has 4 rings (SSSR count). The molecule has 0 aliphatic carbocycles. The van der Waals surface area contributed by atoms with E-state index < -0.39 is 10.8 Å². The molecule has 1 saturated heterocycles. The second kappa shape index (κ2) is 8.56. The van der Waals surface area contributed by atoms with Crippen LogP contribution in [0.25, 0.3) is 11.0 Å². The molecule has 1 fully saturated rings. The highest BCUT2D eigenvalue weighted by molar-refractivity contribution is 7.84. The molecule has 1 aliphatic rings. The number of nitrogens with one attached hydrogen (secondary N) is 1. The number of benzene rings is 1. The Morgan fingerprint density at radius 3 is 2.69 bits per heavy atom. The fraction of sp³-hybridized carbons (Fsp3) is 0.368. The Hall–Kier alpha value is -2.36. The van der Waals surface area contributed by atoms with Gasteiger partial charge in [-0.25, -0.2) is 4.98 Å². The van der Waals surface area contributed by atoms with Crippen molar-refractivity contribution < 1.29 is 18.4 Å². The van der Waals surface area contributed by atoms with Crippen LogP contribution in [0.4, 0.5) is 5.69 Å². The predicted molar refractivity (Wildman–Crippen MR) is 112 cm³/mol. The fourth-order valence-corrected chi connectivity index (χ4v) is 4.64. The molecule has 1 atom stereocenters. The molecule has 8 nitrogen and oxygen atoms in total. The highest BCUT2D eigenvalue weighted by atomic mass is 35.5. The van der Waals surface area contributed by atoms with E-state index in [4.69, 9.17) is 25.8 Å². The van der Waals surface area contributed by atoms with Crippen LogP contribution in [0, 0.1) is 0 Å². The molecule has 1 unspecified atom stereocenters. The number of H-pyrrole nitrogens is 1. The van der Waals surface area contributed by atoms with Crippen LogP contribution >= 0.6 is 11.6 Å². The maximum atomic E-state index is 13.0. The zero-order valence-corrected chi connectivity index (χ0v) is 17.7. The SMILES string of the molecule is COc1cc2nc(S(=O)Cc3nccc(N4CCOCC4)c3Cl)[nH]c2cc1OC. The highest BCUT2D eigenvalue weighted by Crippen LogP contribution is 2.32. The van der Waals surface area contributed by atoms with Gasteiger partial charge in [0, 0.05) is 31.4 Å². The average molecular weight is 437 g/mol. The van der Waals surface area contributed by atoms with Gasteiger partial charge in [0.25, 0.3) is 0 Å². The van der Waals surface area contributed by atoms with Crippen LogP contribution < -0.4 is 14.4 Å². The van der Waals surface area contributed by atoms with Crippen LogP contribution in [0.2, 0.25) is 5.02 Å². The molecular formula is C19H21ClN4O4S. The number of hydrogen-bond donors (Lipinski definition) is 1. The first-order valence-corrected chi connectivity index (χ1v) is 10.8. The van der Waals surface area contributed by atoms with Gasteiger partial charge in [0.2, 0.25) is 0 Å². The first kappa shape index (κ1) is 19.9. The van der Waals surface area contributed by atoms with E-state index in [1.54, 1.807) is 32.5 Å². The molecule has 1 N–H and O–H groups in total. The smallest absolute Gasteiger partial charge is 0.197 e. The summed E-state index contributed by atoms with van der Waals surface area (Å²) in [6, 6.07) is 5.39. The number of halogens is 1. The average Bonchev–Trinajstić information content (AvgIpc) is 3.18. The van der Waals surface area contributed by atoms with Gasteiger partial charge in [-0.1, -0.05) is 11.6 Å². The minimum atomic E-state index is -1.45. The normalized spacial score (nSPS) is 15.5. The van der Waals surface area contributed by atoms with E-state index in [0.717, 1.165) is 18.8 Å². The zero-order chi connectivity index (χ0) is 20.4. The Balaban J connectivity index is 1.59. The summed E-state index contributed by atoms with van der Waals surface area (Å²) < 4.78 is 29.0. The van der Waals surface area contributed by atoms with E-state index in [2.05, 4.69) is 19.9 Å². The number of aromatic nitrogens is 3. The maximum absolute atomic E-state index is 13.0. The van der Waals surface area contributed by atoms with Gasteiger partial charge in [-0.15, -0.1) is 0 Å². The van der Waals surface area contributed by atoms with Crippen molar-refractivity contribution in [3.8, 4) is 11.5 Å². The molecule has 0 saturated carbocycles. The molecule has 3 aromatic rings. The molecule has 0 amide bonds. The van der Waals surface area contributed by atoms with Gasteiger partial charge < -0.3 is 24.1 Å². The van der Waals surface area contributed by atoms with E-state index in [0.29, 0.717) is 51.6 Å². The Morgan fingerprint density at radius 1 is 1.24 bits per heavy atom. The number of ether oxygens (including phenoxy) is 3. The van der Waals surface area contributed by atoms with Gasteiger partial charge in [-0.05, 0) is 6.07 Å². The number of anilines is 1. The lowest BCUT2D eigenvalue weighted by molar-refractivity contribution is 0.122. The van der Waals surface area contributed by atoms with Crippen molar-refractivity contribution in [2.24, 2.45) is 0 Å². The third-order valence-corrected chi connectivity index (χ3v) is 6.31. The first-order chi connectivity index (χ1) is 14.1. The Kier molecular flexibility index (Phi) is 5.89. The standard InChI is InChI=1S/C19H21ClN4O4S/c1-26-16-9-12-13(10-17(16)27-2)23-19(22-12)29(25)11-14-18(20)15(3-4-21-14)24-5-7-28-8-6-24/h3-4,9-10H,5-8,11H2,1-2H3,(H,22,23). The van der Waals surface area contributed by atoms with E-state index in [9.17, 15) is 4.21 Å². The van der Waals surface area contributed by atoms with Crippen LogP contribution in [0.3, 0.4) is 0 Å². The number of fused-ring (bicyclic) bond motifs is 1. The summed E-state index contributed by atoms with van der Waals surface area (Å²) in [5.41, 5.74) is 2.82. The topological polar surface area (TPSA) is 89.6 Å². The summed E-state index contributed by atoms with van der Waals surface area (Å²) in [6.45, 7) is 2.84. The van der Waals surface area contributed by atoms with E-state index in [1.807, 2.05) is 6.07 Å². The zero-order valence-electron chi connectivity index (χ0n) is 16.1. The van der Waals surface area contributed by atoms with Crippen molar-refractivity contribution in [2.45, 2.75) is 10.9 Å². The molecule has 0 spiro atoms. The van der Waals surface area contributed by atoms with Gasteiger partial charge >= 0.3 is 0 Å². The summed E-state index contributed by atoms with van der Waals surface area (Å²) in [4.78, 5) is 14.0. The highest BCUT2D eigenvalue weighted by Gasteiger charge is 2.20. The molecule has 3 heterocycles. The summed E-state index contributed by atoms with van der Waals surface area (Å²) in [7, 11) is 1.68. The van der Waals surface area contributed by atoms with Gasteiger partial charge in [-0.3, -0.25) is 9.19 Å². The van der Waals surface area contributed by atoms with Crippen molar-refractivity contribution >= 4 is 39.1 Å². The molecule has 0 bridgehead atoms. The number of methoxy groups -OCH3 is 2. The quantitative estimate of drug-likeness (QED) is 0.635. The molecular weight excluding hydrogens is 416 g/mol. The number of rotatable bonds is 6. The lowest BCUT2D eigenvalue weighted by Crippen LogP contribution is -2.36.